The molecular weight excluding hydrogens is 290 g/mol. The summed E-state index contributed by atoms with van der Waals surface area (Å²) in [6, 6.07) is 3.73. The van der Waals surface area contributed by atoms with Crippen LogP contribution in [0, 0.1) is 0 Å². The number of aryl methyl sites for hydroxylation is 1. The van der Waals surface area contributed by atoms with Gasteiger partial charge in [0.05, 0.1) is 0 Å². The lowest BCUT2D eigenvalue weighted by atomic mass is 10.2. The van der Waals surface area contributed by atoms with Crippen LogP contribution < -0.4 is 5.73 Å². The number of likely N-dealkylation sites (N-methyl/N-ethyl adjacent to an activating group) is 1. The molecule has 2 heterocycles. The van der Waals surface area contributed by atoms with E-state index in [0.717, 1.165) is 5.56 Å². The number of hydrogen-bond donors (Lipinski definition) is 1. The topological polar surface area (TPSA) is 94.1 Å². The molecule has 114 valence electrons. The average Bonchev–Trinajstić information content (AvgIpc) is 2.87. The Kier molecular flexibility index (Phi) is 4.59. The van der Waals surface area contributed by atoms with Crippen molar-refractivity contribution in [3.8, 4) is 0 Å². The highest BCUT2D eigenvalue weighted by molar-refractivity contribution is 7.89. The van der Waals surface area contributed by atoms with Crippen LogP contribution in [0.4, 0.5) is 5.82 Å². The quantitative estimate of drug-likeness (QED) is 0.849. The number of anilines is 1. The maximum absolute atomic E-state index is 12.5. The minimum absolute atomic E-state index is 0.0348. The average molecular weight is 309 g/mol. The van der Waals surface area contributed by atoms with E-state index >= 15 is 0 Å². The molecule has 0 saturated heterocycles. The van der Waals surface area contributed by atoms with Gasteiger partial charge in [0.15, 0.2) is 5.82 Å². The van der Waals surface area contributed by atoms with Crippen molar-refractivity contribution in [3.63, 3.8) is 0 Å². The lowest BCUT2D eigenvalue weighted by molar-refractivity contribution is 0.472. The maximum atomic E-state index is 12.5. The van der Waals surface area contributed by atoms with E-state index in [1.807, 2.05) is 19.1 Å². The predicted molar refractivity (Wildman–Crippen MR) is 80.1 cm³/mol. The molecule has 0 atom stereocenters. The molecule has 21 heavy (non-hydrogen) atoms. The molecule has 2 aromatic heterocycles. The molecule has 7 nitrogen and oxygen atoms in total. The van der Waals surface area contributed by atoms with Crippen LogP contribution in [0.1, 0.15) is 12.5 Å². The van der Waals surface area contributed by atoms with Gasteiger partial charge in [0, 0.05) is 38.7 Å². The third-order valence-corrected chi connectivity index (χ3v) is 5.11. The molecule has 0 aliphatic carbocycles. The second-order valence-corrected chi connectivity index (χ2v) is 6.68. The van der Waals surface area contributed by atoms with E-state index in [2.05, 4.69) is 10.1 Å². The van der Waals surface area contributed by atoms with E-state index in [4.69, 9.17) is 5.73 Å². The van der Waals surface area contributed by atoms with Crippen molar-refractivity contribution in [2.45, 2.75) is 24.8 Å². The standard InChI is InChI=1S/C13H19N5O2S/c1-3-18-10-12(13(14)16-18)21(19,20)17(2)9-6-11-4-7-15-8-5-11/h4-5,7-8,10H,3,6,9H2,1-2H3,(H2,14,16). The van der Waals surface area contributed by atoms with E-state index in [1.54, 1.807) is 19.4 Å². The minimum Gasteiger partial charge on any atom is -0.381 e. The Bertz CT molecular complexity index is 697. The van der Waals surface area contributed by atoms with Crippen molar-refractivity contribution in [2.24, 2.45) is 0 Å². The second kappa shape index (κ2) is 6.23. The Balaban J connectivity index is 2.13. The van der Waals surface area contributed by atoms with Crippen LogP contribution in [-0.4, -0.2) is 41.1 Å². The number of nitrogens with zero attached hydrogens (tertiary/aromatic N) is 4. The molecule has 0 amide bonds. The van der Waals surface area contributed by atoms with Gasteiger partial charge in [-0.2, -0.15) is 5.10 Å². The van der Waals surface area contributed by atoms with Gasteiger partial charge in [0.2, 0.25) is 10.0 Å². The monoisotopic (exact) mass is 309 g/mol. The van der Waals surface area contributed by atoms with E-state index in [0.29, 0.717) is 19.5 Å². The zero-order valence-electron chi connectivity index (χ0n) is 12.1. The molecule has 0 spiro atoms. The van der Waals surface area contributed by atoms with Gasteiger partial charge in [0.1, 0.15) is 4.90 Å². The van der Waals surface area contributed by atoms with Crippen molar-refractivity contribution in [2.75, 3.05) is 19.3 Å². The normalized spacial score (nSPS) is 12.0. The highest BCUT2D eigenvalue weighted by atomic mass is 32.2. The zero-order chi connectivity index (χ0) is 15.5. The summed E-state index contributed by atoms with van der Waals surface area (Å²) in [5.41, 5.74) is 6.73. The van der Waals surface area contributed by atoms with Crippen LogP contribution in [0.5, 0.6) is 0 Å². The predicted octanol–water partition coefficient (Wildman–Crippen LogP) is 0.743. The fourth-order valence-corrected chi connectivity index (χ4v) is 3.13. The van der Waals surface area contributed by atoms with Gasteiger partial charge in [-0.05, 0) is 31.0 Å². The molecular formula is C13H19N5O2S. The summed E-state index contributed by atoms with van der Waals surface area (Å²) in [5, 5.41) is 3.98. The molecule has 2 aromatic rings. The third-order valence-electron chi connectivity index (χ3n) is 3.23. The number of nitrogen functional groups attached to an aromatic ring is 1. The maximum Gasteiger partial charge on any atom is 0.248 e. The molecule has 0 aromatic carbocycles. The second-order valence-electron chi connectivity index (χ2n) is 4.67. The molecule has 8 heteroatoms. The molecule has 0 aliphatic rings. The van der Waals surface area contributed by atoms with Crippen LogP contribution in [0.2, 0.25) is 0 Å². The van der Waals surface area contributed by atoms with Crippen molar-refractivity contribution in [1.82, 2.24) is 19.1 Å². The minimum atomic E-state index is -3.62. The van der Waals surface area contributed by atoms with Gasteiger partial charge >= 0.3 is 0 Å². The Hall–Kier alpha value is -1.93. The summed E-state index contributed by atoms with van der Waals surface area (Å²) in [6.45, 7) is 2.81. The number of nitrogens with two attached hydrogens (primary N) is 1. The number of pyridine rings is 1. The summed E-state index contributed by atoms with van der Waals surface area (Å²) >= 11 is 0. The number of sulfonamides is 1. The number of hydrogen-bond acceptors (Lipinski definition) is 5. The van der Waals surface area contributed by atoms with Gasteiger partial charge in [-0.3, -0.25) is 9.67 Å². The van der Waals surface area contributed by atoms with Gasteiger partial charge in [-0.1, -0.05) is 0 Å². The highest BCUT2D eigenvalue weighted by Crippen LogP contribution is 2.20. The highest BCUT2D eigenvalue weighted by Gasteiger charge is 2.25. The Labute approximate surface area is 124 Å². The lowest BCUT2D eigenvalue weighted by Crippen LogP contribution is -2.29. The van der Waals surface area contributed by atoms with Crippen LogP contribution in [0.15, 0.2) is 35.6 Å². The van der Waals surface area contributed by atoms with Crippen LogP contribution in [0.3, 0.4) is 0 Å². The molecule has 0 saturated carbocycles. The molecule has 0 radical (unpaired) electrons. The summed E-state index contributed by atoms with van der Waals surface area (Å²) < 4.78 is 27.8. The number of aromatic nitrogens is 3. The molecule has 0 fully saturated rings. The fourth-order valence-electron chi connectivity index (χ4n) is 1.90. The van der Waals surface area contributed by atoms with Crippen molar-refractivity contribution < 1.29 is 8.42 Å². The summed E-state index contributed by atoms with van der Waals surface area (Å²) in [7, 11) is -2.08. The third kappa shape index (κ3) is 3.40. The van der Waals surface area contributed by atoms with Crippen LogP contribution in [0.25, 0.3) is 0 Å². The van der Waals surface area contributed by atoms with E-state index in [-0.39, 0.29) is 10.7 Å². The first-order valence-corrected chi connectivity index (χ1v) is 8.07. The van der Waals surface area contributed by atoms with Crippen molar-refractivity contribution in [1.29, 1.82) is 0 Å². The Morgan fingerprint density at radius 2 is 2.00 bits per heavy atom. The van der Waals surface area contributed by atoms with E-state index < -0.39 is 10.0 Å². The molecule has 2 N–H and O–H groups in total. The van der Waals surface area contributed by atoms with Crippen molar-refractivity contribution >= 4 is 15.8 Å². The first-order chi connectivity index (χ1) is 9.95. The fraction of sp³-hybridized carbons (Fsp3) is 0.385. The van der Waals surface area contributed by atoms with Crippen LogP contribution in [-0.2, 0) is 23.0 Å². The SMILES string of the molecule is CCn1cc(S(=O)(=O)N(C)CCc2ccncc2)c(N)n1. The molecule has 0 aliphatic heterocycles. The van der Waals surface area contributed by atoms with Gasteiger partial charge in [-0.25, -0.2) is 12.7 Å². The van der Waals surface area contributed by atoms with Gasteiger partial charge in [0.25, 0.3) is 0 Å². The largest absolute Gasteiger partial charge is 0.381 e. The summed E-state index contributed by atoms with van der Waals surface area (Å²) in [5.74, 6) is 0.0348. The van der Waals surface area contributed by atoms with Gasteiger partial charge < -0.3 is 5.73 Å². The molecule has 2 rings (SSSR count). The van der Waals surface area contributed by atoms with Crippen molar-refractivity contribution in [3.05, 3.63) is 36.3 Å². The first kappa shape index (κ1) is 15.5. The lowest BCUT2D eigenvalue weighted by Gasteiger charge is -2.16. The smallest absolute Gasteiger partial charge is 0.248 e. The molecule has 0 bridgehead atoms. The van der Waals surface area contributed by atoms with Gasteiger partial charge in [-0.15, -0.1) is 0 Å². The molecule has 0 unspecified atom stereocenters. The summed E-state index contributed by atoms with van der Waals surface area (Å²) in [4.78, 5) is 3.99. The van der Waals surface area contributed by atoms with Crippen LogP contribution >= 0.6 is 0 Å². The Morgan fingerprint density at radius 3 is 2.57 bits per heavy atom. The van der Waals surface area contributed by atoms with E-state index in [9.17, 15) is 8.42 Å². The Morgan fingerprint density at radius 1 is 1.33 bits per heavy atom. The zero-order valence-corrected chi connectivity index (χ0v) is 12.9. The van der Waals surface area contributed by atoms with E-state index in [1.165, 1.54) is 15.2 Å². The first-order valence-electron chi connectivity index (χ1n) is 6.63. The number of rotatable bonds is 6. The summed E-state index contributed by atoms with van der Waals surface area (Å²) in [6.07, 6.45) is 5.45.